The summed E-state index contributed by atoms with van der Waals surface area (Å²) in [4.78, 5) is 24.6. The summed E-state index contributed by atoms with van der Waals surface area (Å²) in [5.41, 5.74) is 0. The van der Waals surface area contributed by atoms with Crippen molar-refractivity contribution in [1.29, 1.82) is 0 Å². The van der Waals surface area contributed by atoms with E-state index in [1.807, 2.05) is 6.08 Å². The highest BCUT2D eigenvalue weighted by molar-refractivity contribution is 5.76. The smallest absolute Gasteiger partial charge is 0.305 e. The average molecular weight is 1130 g/mol. The molecule has 0 saturated carbocycles. The highest BCUT2D eigenvalue weighted by Gasteiger charge is 2.18. The van der Waals surface area contributed by atoms with Crippen LogP contribution >= 0.6 is 0 Å². The Morgan fingerprint density at radius 3 is 0.850 bits per heavy atom. The molecule has 0 aliphatic carbocycles. The van der Waals surface area contributed by atoms with Gasteiger partial charge in [-0.15, -0.1) is 0 Å². The lowest BCUT2D eigenvalue weighted by Crippen LogP contribution is -2.45. The van der Waals surface area contributed by atoms with Crippen LogP contribution in [0.25, 0.3) is 0 Å². The van der Waals surface area contributed by atoms with Crippen molar-refractivity contribution in [2.45, 2.75) is 437 Å². The van der Waals surface area contributed by atoms with Crippen molar-refractivity contribution < 1.29 is 24.5 Å². The number of carbonyl (C=O) groups excluding carboxylic acids is 2. The van der Waals surface area contributed by atoms with Crippen LogP contribution in [0.5, 0.6) is 0 Å². The van der Waals surface area contributed by atoms with Crippen LogP contribution in [0, 0.1) is 0 Å². The van der Waals surface area contributed by atoms with E-state index in [2.05, 4.69) is 19.2 Å². The highest BCUT2D eigenvalue weighted by Crippen LogP contribution is 2.20. The minimum atomic E-state index is -0.844. The SMILES string of the molecule is CCCCCCCCCCCCCCCCCCCCCCC/C=C/C(O)C(CO)NC(=O)CCCCCCCCCCCCCCCCCCCCCCCCCCOC(=O)CCCCCCCCCCCCCCCCCC. The van der Waals surface area contributed by atoms with Gasteiger partial charge in [0.2, 0.25) is 5.91 Å². The van der Waals surface area contributed by atoms with E-state index >= 15 is 0 Å². The van der Waals surface area contributed by atoms with E-state index in [4.69, 9.17) is 4.74 Å². The first-order chi connectivity index (χ1) is 39.5. The maximum absolute atomic E-state index is 12.5. The number of carbonyl (C=O) groups is 2. The van der Waals surface area contributed by atoms with E-state index in [1.165, 1.54) is 360 Å². The molecular weight excluding hydrogens is 983 g/mol. The zero-order chi connectivity index (χ0) is 57.8. The molecule has 2 atom stereocenters. The molecule has 476 valence electrons. The molecule has 0 heterocycles. The third-order valence-electron chi connectivity index (χ3n) is 17.6. The largest absolute Gasteiger partial charge is 0.466 e. The van der Waals surface area contributed by atoms with Gasteiger partial charge in [-0.1, -0.05) is 392 Å². The molecule has 0 aliphatic heterocycles. The number of esters is 1. The molecule has 3 N–H and O–H groups in total. The van der Waals surface area contributed by atoms with Gasteiger partial charge in [0, 0.05) is 12.8 Å². The molecule has 2 unspecified atom stereocenters. The van der Waals surface area contributed by atoms with Gasteiger partial charge in [-0.3, -0.25) is 9.59 Å². The van der Waals surface area contributed by atoms with E-state index < -0.39 is 12.1 Å². The molecule has 0 bridgehead atoms. The number of nitrogens with one attached hydrogen (secondary N) is 1. The second-order valence-electron chi connectivity index (χ2n) is 25.6. The molecule has 0 aliphatic rings. The molecule has 0 aromatic rings. The first-order valence-corrected chi connectivity index (χ1v) is 37.0. The number of amides is 1. The van der Waals surface area contributed by atoms with Crippen molar-refractivity contribution in [2.24, 2.45) is 0 Å². The van der Waals surface area contributed by atoms with Gasteiger partial charge in [0.05, 0.1) is 25.4 Å². The van der Waals surface area contributed by atoms with E-state index in [0.717, 1.165) is 38.5 Å². The molecule has 0 aromatic carbocycles. The number of hydrogen-bond donors (Lipinski definition) is 3. The molecule has 0 aromatic heterocycles. The molecule has 0 fully saturated rings. The molecule has 80 heavy (non-hydrogen) atoms. The Balaban J connectivity index is 3.38. The molecule has 1 amide bonds. The minimum absolute atomic E-state index is 0.0197. The van der Waals surface area contributed by atoms with Gasteiger partial charge < -0.3 is 20.3 Å². The molecular formula is C74H145NO5. The number of hydrogen-bond acceptors (Lipinski definition) is 5. The van der Waals surface area contributed by atoms with Gasteiger partial charge in [-0.2, -0.15) is 0 Å². The summed E-state index contributed by atoms with van der Waals surface area (Å²) in [6, 6.07) is -0.628. The van der Waals surface area contributed by atoms with E-state index in [0.29, 0.717) is 19.4 Å². The van der Waals surface area contributed by atoms with Crippen molar-refractivity contribution in [3.05, 3.63) is 12.2 Å². The third kappa shape index (κ3) is 65.7. The van der Waals surface area contributed by atoms with Crippen LogP contribution in [-0.2, 0) is 14.3 Å². The minimum Gasteiger partial charge on any atom is -0.466 e. The molecule has 0 spiro atoms. The van der Waals surface area contributed by atoms with Crippen LogP contribution in [0.4, 0.5) is 0 Å². The molecule has 6 heteroatoms. The molecule has 0 saturated heterocycles. The van der Waals surface area contributed by atoms with Gasteiger partial charge in [0.1, 0.15) is 0 Å². The van der Waals surface area contributed by atoms with Crippen LogP contribution < -0.4 is 5.32 Å². The Bertz CT molecular complexity index is 1210. The second-order valence-corrected chi connectivity index (χ2v) is 25.6. The molecule has 0 rings (SSSR count). The van der Waals surface area contributed by atoms with Crippen molar-refractivity contribution in [2.75, 3.05) is 13.2 Å². The Labute approximate surface area is 501 Å². The Hall–Kier alpha value is -1.40. The molecule has 0 radical (unpaired) electrons. The highest BCUT2D eigenvalue weighted by atomic mass is 16.5. The lowest BCUT2D eigenvalue weighted by Gasteiger charge is -2.20. The monoisotopic (exact) mass is 1130 g/mol. The van der Waals surface area contributed by atoms with E-state index in [1.54, 1.807) is 6.08 Å². The van der Waals surface area contributed by atoms with Crippen LogP contribution in [0.2, 0.25) is 0 Å². The zero-order valence-electron chi connectivity index (χ0n) is 54.6. The van der Waals surface area contributed by atoms with Crippen molar-refractivity contribution >= 4 is 11.9 Å². The van der Waals surface area contributed by atoms with Crippen LogP contribution in [0.1, 0.15) is 425 Å². The Morgan fingerprint density at radius 2 is 0.575 bits per heavy atom. The number of rotatable bonds is 70. The number of ether oxygens (including phenoxy) is 1. The number of aliphatic hydroxyl groups excluding tert-OH is 2. The van der Waals surface area contributed by atoms with Crippen molar-refractivity contribution in [1.82, 2.24) is 5.32 Å². The maximum Gasteiger partial charge on any atom is 0.305 e. The summed E-state index contributed by atoms with van der Waals surface area (Å²) in [7, 11) is 0. The average Bonchev–Trinajstić information content (AvgIpc) is 3.46. The van der Waals surface area contributed by atoms with Crippen molar-refractivity contribution in [3.8, 4) is 0 Å². The van der Waals surface area contributed by atoms with Gasteiger partial charge in [0.15, 0.2) is 0 Å². The normalized spacial score (nSPS) is 12.5. The number of aliphatic hydroxyl groups is 2. The summed E-state index contributed by atoms with van der Waals surface area (Å²) in [5, 5.41) is 23.3. The predicted molar refractivity (Wildman–Crippen MR) is 352 cm³/mol. The lowest BCUT2D eigenvalue weighted by atomic mass is 10.0. The Morgan fingerprint density at radius 1 is 0.338 bits per heavy atom. The van der Waals surface area contributed by atoms with E-state index in [9.17, 15) is 19.8 Å². The molecule has 6 nitrogen and oxygen atoms in total. The number of allylic oxidation sites excluding steroid dienone is 1. The Kier molecular flexibility index (Phi) is 68.9. The predicted octanol–water partition coefficient (Wildman–Crippen LogP) is 23.9. The van der Waals surface area contributed by atoms with E-state index in [-0.39, 0.29) is 18.5 Å². The quantitative estimate of drug-likeness (QED) is 0.0320. The maximum atomic E-state index is 12.5. The summed E-state index contributed by atoms with van der Waals surface area (Å²) in [6.45, 7) is 4.96. The van der Waals surface area contributed by atoms with Crippen LogP contribution in [-0.4, -0.2) is 47.4 Å². The third-order valence-corrected chi connectivity index (χ3v) is 17.6. The standard InChI is InChI=1S/C74H145NO5/c1-3-5-7-9-11-13-15-17-19-21-22-23-26-29-32-35-38-42-46-50-54-58-62-66-72(77)71(70-76)75-73(78)67-63-59-55-51-47-43-39-36-33-30-27-24-25-28-31-34-37-41-45-49-53-57-61-65-69-80-74(79)68-64-60-56-52-48-44-40-20-18-16-14-12-10-8-6-4-2/h62,66,71-72,76-77H,3-61,63-65,67-70H2,1-2H3,(H,75,78)/b66-62+. The summed E-state index contributed by atoms with van der Waals surface area (Å²) in [5.74, 6) is -0.0418. The summed E-state index contributed by atoms with van der Waals surface area (Å²) >= 11 is 0. The van der Waals surface area contributed by atoms with Gasteiger partial charge in [0.25, 0.3) is 0 Å². The fraction of sp³-hybridized carbons (Fsp3) is 0.946. The van der Waals surface area contributed by atoms with Gasteiger partial charge in [-0.25, -0.2) is 0 Å². The fourth-order valence-electron chi connectivity index (χ4n) is 11.9. The number of unbranched alkanes of at least 4 members (excludes halogenated alkanes) is 59. The first-order valence-electron chi connectivity index (χ1n) is 37.0. The van der Waals surface area contributed by atoms with Crippen LogP contribution in [0.3, 0.4) is 0 Å². The first kappa shape index (κ1) is 78.6. The summed E-state index contributed by atoms with van der Waals surface area (Å²) < 4.78 is 5.51. The zero-order valence-corrected chi connectivity index (χ0v) is 54.6. The van der Waals surface area contributed by atoms with Crippen molar-refractivity contribution in [3.63, 3.8) is 0 Å². The summed E-state index contributed by atoms with van der Waals surface area (Å²) in [6.07, 6.45) is 87.3. The topological polar surface area (TPSA) is 95.9 Å². The van der Waals surface area contributed by atoms with Crippen LogP contribution in [0.15, 0.2) is 12.2 Å². The van der Waals surface area contributed by atoms with Gasteiger partial charge >= 0.3 is 5.97 Å². The lowest BCUT2D eigenvalue weighted by molar-refractivity contribution is -0.143. The van der Waals surface area contributed by atoms with Gasteiger partial charge in [-0.05, 0) is 32.1 Å². The fourth-order valence-corrected chi connectivity index (χ4v) is 11.9. The second kappa shape index (κ2) is 70.1.